The SMILES string of the molecule is COC(=O)C(CC(C)C)NC(=O)C1CC(=O)N(Cc2ccc(C)cc2)C1. The first kappa shape index (κ1) is 19.9. The molecule has 0 spiro atoms. The van der Waals surface area contributed by atoms with Gasteiger partial charge in [0.25, 0.3) is 0 Å². The molecule has 1 heterocycles. The molecule has 2 unspecified atom stereocenters. The number of rotatable bonds is 7. The van der Waals surface area contributed by atoms with E-state index in [1.165, 1.54) is 7.11 Å². The van der Waals surface area contributed by atoms with E-state index < -0.39 is 17.9 Å². The van der Waals surface area contributed by atoms with E-state index >= 15 is 0 Å². The van der Waals surface area contributed by atoms with Gasteiger partial charge in [0.05, 0.1) is 13.0 Å². The lowest BCUT2D eigenvalue weighted by molar-refractivity contribution is -0.146. The van der Waals surface area contributed by atoms with Gasteiger partial charge in [-0.2, -0.15) is 0 Å². The highest BCUT2D eigenvalue weighted by Crippen LogP contribution is 2.21. The van der Waals surface area contributed by atoms with Gasteiger partial charge in [-0.25, -0.2) is 4.79 Å². The second-order valence-corrected chi connectivity index (χ2v) is 7.37. The van der Waals surface area contributed by atoms with Gasteiger partial charge < -0.3 is 15.0 Å². The molecular weight excluding hydrogens is 332 g/mol. The summed E-state index contributed by atoms with van der Waals surface area (Å²) in [6.45, 7) is 6.83. The quantitative estimate of drug-likeness (QED) is 0.755. The molecular formula is C20H28N2O4. The van der Waals surface area contributed by atoms with Gasteiger partial charge in [0.15, 0.2) is 0 Å². The summed E-state index contributed by atoms with van der Waals surface area (Å²) in [5, 5.41) is 2.76. The number of benzene rings is 1. The summed E-state index contributed by atoms with van der Waals surface area (Å²) in [6, 6.07) is 7.33. The Morgan fingerprint density at radius 2 is 1.92 bits per heavy atom. The van der Waals surface area contributed by atoms with Crippen LogP contribution in [0, 0.1) is 18.8 Å². The van der Waals surface area contributed by atoms with Crippen molar-refractivity contribution in [3.8, 4) is 0 Å². The average Bonchev–Trinajstić information content (AvgIpc) is 2.96. The van der Waals surface area contributed by atoms with Gasteiger partial charge in [0.1, 0.15) is 6.04 Å². The number of hydrogen-bond acceptors (Lipinski definition) is 4. The van der Waals surface area contributed by atoms with Crippen LogP contribution in [-0.4, -0.2) is 42.4 Å². The van der Waals surface area contributed by atoms with Gasteiger partial charge >= 0.3 is 5.97 Å². The maximum Gasteiger partial charge on any atom is 0.328 e. The lowest BCUT2D eigenvalue weighted by Crippen LogP contribution is -2.45. The van der Waals surface area contributed by atoms with Crippen LogP contribution in [0.4, 0.5) is 0 Å². The maximum absolute atomic E-state index is 12.5. The zero-order valence-electron chi connectivity index (χ0n) is 16.0. The Kier molecular flexibility index (Phi) is 6.77. The Balaban J connectivity index is 1.96. The Morgan fingerprint density at radius 1 is 1.27 bits per heavy atom. The Hall–Kier alpha value is -2.37. The van der Waals surface area contributed by atoms with E-state index in [2.05, 4.69) is 5.32 Å². The third-order valence-corrected chi connectivity index (χ3v) is 4.59. The molecule has 0 saturated carbocycles. The average molecular weight is 360 g/mol. The number of ether oxygens (including phenoxy) is 1. The molecule has 2 amide bonds. The van der Waals surface area contributed by atoms with E-state index in [-0.39, 0.29) is 24.2 Å². The van der Waals surface area contributed by atoms with E-state index in [1.54, 1.807) is 4.90 Å². The fourth-order valence-electron chi connectivity index (χ4n) is 3.13. The number of amides is 2. The van der Waals surface area contributed by atoms with E-state index in [0.29, 0.717) is 19.5 Å². The highest BCUT2D eigenvalue weighted by Gasteiger charge is 2.36. The normalized spacial score (nSPS) is 18.1. The number of esters is 1. The fraction of sp³-hybridized carbons (Fsp3) is 0.550. The second-order valence-electron chi connectivity index (χ2n) is 7.37. The number of carbonyl (C=O) groups is 3. The summed E-state index contributed by atoms with van der Waals surface area (Å²) in [6.07, 6.45) is 0.680. The number of nitrogens with zero attached hydrogens (tertiary/aromatic N) is 1. The molecule has 0 aliphatic carbocycles. The van der Waals surface area contributed by atoms with E-state index in [1.807, 2.05) is 45.0 Å². The van der Waals surface area contributed by atoms with Crippen LogP contribution >= 0.6 is 0 Å². The molecule has 26 heavy (non-hydrogen) atoms. The highest BCUT2D eigenvalue weighted by atomic mass is 16.5. The minimum Gasteiger partial charge on any atom is -0.467 e. The van der Waals surface area contributed by atoms with E-state index in [0.717, 1.165) is 11.1 Å². The Labute approximate surface area is 154 Å². The predicted molar refractivity (Wildman–Crippen MR) is 98.1 cm³/mol. The second kappa shape index (κ2) is 8.83. The first-order chi connectivity index (χ1) is 12.3. The lowest BCUT2D eigenvalue weighted by atomic mass is 10.0. The summed E-state index contributed by atoms with van der Waals surface area (Å²) in [5.41, 5.74) is 2.20. The van der Waals surface area contributed by atoms with Crippen LogP contribution in [0.3, 0.4) is 0 Å². The van der Waals surface area contributed by atoms with Crippen molar-refractivity contribution in [2.24, 2.45) is 11.8 Å². The first-order valence-corrected chi connectivity index (χ1v) is 9.01. The van der Waals surface area contributed by atoms with Crippen LogP contribution in [0.2, 0.25) is 0 Å². The lowest BCUT2D eigenvalue weighted by Gasteiger charge is -2.21. The number of hydrogen-bond donors (Lipinski definition) is 1. The van der Waals surface area contributed by atoms with Crippen LogP contribution in [0.1, 0.15) is 37.8 Å². The van der Waals surface area contributed by atoms with Crippen LogP contribution < -0.4 is 5.32 Å². The molecule has 1 aromatic carbocycles. The smallest absolute Gasteiger partial charge is 0.328 e. The highest BCUT2D eigenvalue weighted by molar-refractivity contribution is 5.91. The molecule has 0 bridgehead atoms. The third kappa shape index (κ3) is 5.31. The van der Waals surface area contributed by atoms with Crippen LogP contribution in [0.5, 0.6) is 0 Å². The van der Waals surface area contributed by atoms with Crippen molar-refractivity contribution in [1.29, 1.82) is 0 Å². The predicted octanol–water partition coefficient (Wildman–Crippen LogP) is 2.05. The number of methoxy groups -OCH3 is 1. The van der Waals surface area contributed by atoms with Gasteiger partial charge in [0.2, 0.25) is 11.8 Å². The van der Waals surface area contributed by atoms with Crippen molar-refractivity contribution in [3.63, 3.8) is 0 Å². The van der Waals surface area contributed by atoms with Gasteiger partial charge in [-0.1, -0.05) is 43.7 Å². The minimum absolute atomic E-state index is 0.0378. The molecule has 1 aromatic rings. The monoisotopic (exact) mass is 360 g/mol. The molecule has 6 nitrogen and oxygen atoms in total. The molecule has 2 rings (SSSR count). The van der Waals surface area contributed by atoms with Crippen LogP contribution in [0.25, 0.3) is 0 Å². The fourth-order valence-corrected chi connectivity index (χ4v) is 3.13. The zero-order chi connectivity index (χ0) is 19.3. The summed E-state index contributed by atoms with van der Waals surface area (Å²) in [7, 11) is 1.31. The molecule has 142 valence electrons. The maximum atomic E-state index is 12.5. The molecule has 2 atom stereocenters. The van der Waals surface area contributed by atoms with Crippen molar-refractivity contribution in [2.45, 2.75) is 46.2 Å². The van der Waals surface area contributed by atoms with Gasteiger partial charge in [-0.05, 0) is 24.8 Å². The van der Waals surface area contributed by atoms with Gasteiger partial charge in [-0.15, -0.1) is 0 Å². The molecule has 1 aliphatic rings. The topological polar surface area (TPSA) is 75.7 Å². The number of carbonyl (C=O) groups excluding carboxylic acids is 3. The summed E-state index contributed by atoms with van der Waals surface area (Å²) in [4.78, 5) is 38.4. The number of likely N-dealkylation sites (tertiary alicyclic amines) is 1. The number of aryl methyl sites for hydroxylation is 1. The largest absolute Gasteiger partial charge is 0.467 e. The third-order valence-electron chi connectivity index (χ3n) is 4.59. The summed E-state index contributed by atoms with van der Waals surface area (Å²) >= 11 is 0. The molecule has 1 aliphatic heterocycles. The van der Waals surface area contributed by atoms with E-state index in [9.17, 15) is 14.4 Å². The van der Waals surface area contributed by atoms with E-state index in [4.69, 9.17) is 4.74 Å². The van der Waals surface area contributed by atoms with Gasteiger partial charge in [0, 0.05) is 19.5 Å². The molecule has 6 heteroatoms. The van der Waals surface area contributed by atoms with Crippen molar-refractivity contribution < 1.29 is 19.1 Å². The standard InChI is InChI=1S/C20H28N2O4/c1-13(2)9-17(20(25)26-4)21-19(24)16-10-18(23)22(12-16)11-15-7-5-14(3)6-8-15/h5-8,13,16-17H,9-12H2,1-4H3,(H,21,24). The van der Waals surface area contributed by atoms with Crippen molar-refractivity contribution >= 4 is 17.8 Å². The molecule has 0 radical (unpaired) electrons. The van der Waals surface area contributed by atoms with Crippen LogP contribution in [0.15, 0.2) is 24.3 Å². The molecule has 0 aromatic heterocycles. The number of nitrogens with one attached hydrogen (secondary N) is 1. The summed E-state index contributed by atoms with van der Waals surface area (Å²) < 4.78 is 4.78. The molecule has 1 N–H and O–H groups in total. The molecule has 1 fully saturated rings. The van der Waals surface area contributed by atoms with Crippen molar-refractivity contribution in [1.82, 2.24) is 10.2 Å². The Bertz CT molecular complexity index is 654. The minimum atomic E-state index is -0.672. The van der Waals surface area contributed by atoms with Crippen molar-refractivity contribution in [3.05, 3.63) is 35.4 Å². The molecule has 1 saturated heterocycles. The first-order valence-electron chi connectivity index (χ1n) is 9.01. The Morgan fingerprint density at radius 3 is 2.50 bits per heavy atom. The summed E-state index contributed by atoms with van der Waals surface area (Å²) in [5.74, 6) is -0.951. The van der Waals surface area contributed by atoms with Gasteiger partial charge in [-0.3, -0.25) is 9.59 Å². The van der Waals surface area contributed by atoms with Crippen LogP contribution in [-0.2, 0) is 25.7 Å². The van der Waals surface area contributed by atoms with Crippen molar-refractivity contribution in [2.75, 3.05) is 13.7 Å². The zero-order valence-corrected chi connectivity index (χ0v) is 16.0.